The van der Waals surface area contributed by atoms with Gasteiger partial charge in [0.15, 0.2) is 11.5 Å². The van der Waals surface area contributed by atoms with Crippen molar-refractivity contribution in [3.63, 3.8) is 0 Å². The van der Waals surface area contributed by atoms with E-state index in [0.717, 1.165) is 5.56 Å². The zero-order chi connectivity index (χ0) is 17.8. The molecule has 0 radical (unpaired) electrons. The largest absolute Gasteiger partial charge is 0.496 e. The van der Waals surface area contributed by atoms with Gasteiger partial charge in [-0.05, 0) is 12.1 Å². The van der Waals surface area contributed by atoms with E-state index in [0.29, 0.717) is 34.3 Å². The number of hydrogen-bond acceptors (Lipinski definition) is 5. The molecule has 6 heteroatoms. The summed E-state index contributed by atoms with van der Waals surface area (Å²) >= 11 is 0. The third-order valence-corrected chi connectivity index (χ3v) is 3.77. The molecule has 0 unspecified atom stereocenters. The average Bonchev–Trinajstić information content (AvgIpc) is 3.02. The van der Waals surface area contributed by atoms with Gasteiger partial charge in [-0.1, -0.05) is 30.3 Å². The molecule has 1 N–H and O–H groups in total. The predicted molar refractivity (Wildman–Crippen MR) is 95.2 cm³/mol. The van der Waals surface area contributed by atoms with E-state index in [4.69, 9.17) is 14.2 Å². The highest BCUT2D eigenvalue weighted by Crippen LogP contribution is 2.36. The van der Waals surface area contributed by atoms with E-state index in [-0.39, 0.29) is 5.91 Å². The van der Waals surface area contributed by atoms with Crippen molar-refractivity contribution in [2.45, 2.75) is 0 Å². The van der Waals surface area contributed by atoms with Gasteiger partial charge in [0.1, 0.15) is 17.3 Å². The molecule has 25 heavy (non-hydrogen) atoms. The molecule has 1 heterocycles. The van der Waals surface area contributed by atoms with Crippen molar-refractivity contribution >= 4 is 17.8 Å². The minimum absolute atomic E-state index is 0.268. The number of nitrogens with zero attached hydrogens (tertiary/aromatic N) is 1. The van der Waals surface area contributed by atoms with Crippen LogP contribution < -0.4 is 19.5 Å². The van der Waals surface area contributed by atoms with Gasteiger partial charge in [0.05, 0.1) is 21.3 Å². The predicted octanol–water partition coefficient (Wildman–Crippen LogP) is 2.63. The topological polar surface area (TPSA) is 69.2 Å². The monoisotopic (exact) mass is 338 g/mol. The van der Waals surface area contributed by atoms with Crippen LogP contribution in [0.4, 0.5) is 0 Å². The number of hydrogen-bond donors (Lipinski definition) is 1. The molecule has 1 aliphatic heterocycles. The third-order valence-electron chi connectivity index (χ3n) is 3.77. The van der Waals surface area contributed by atoms with Crippen LogP contribution in [0.1, 0.15) is 11.1 Å². The van der Waals surface area contributed by atoms with Gasteiger partial charge in [0.2, 0.25) is 0 Å². The van der Waals surface area contributed by atoms with Crippen LogP contribution in [0.3, 0.4) is 0 Å². The van der Waals surface area contributed by atoms with E-state index < -0.39 is 0 Å². The molecule has 6 nitrogen and oxygen atoms in total. The third kappa shape index (κ3) is 3.33. The highest BCUT2D eigenvalue weighted by Gasteiger charge is 2.22. The fraction of sp³-hybridized carbons (Fsp3) is 0.158. The Morgan fingerprint density at radius 1 is 0.920 bits per heavy atom. The van der Waals surface area contributed by atoms with Crippen LogP contribution in [0.25, 0.3) is 6.08 Å². The minimum atomic E-state index is -0.268. The lowest BCUT2D eigenvalue weighted by atomic mass is 10.1. The summed E-state index contributed by atoms with van der Waals surface area (Å²) in [6, 6.07) is 12.9. The fourth-order valence-electron chi connectivity index (χ4n) is 2.51. The van der Waals surface area contributed by atoms with Crippen LogP contribution in [0.2, 0.25) is 0 Å². The van der Waals surface area contributed by atoms with Crippen molar-refractivity contribution in [1.29, 1.82) is 0 Å². The molecule has 2 aromatic rings. The zero-order valence-electron chi connectivity index (χ0n) is 14.2. The first-order valence-corrected chi connectivity index (χ1v) is 7.63. The lowest BCUT2D eigenvalue weighted by Gasteiger charge is -2.12. The van der Waals surface area contributed by atoms with Crippen LogP contribution >= 0.6 is 0 Å². The van der Waals surface area contributed by atoms with Crippen molar-refractivity contribution in [3.8, 4) is 17.2 Å². The number of amidine groups is 1. The first kappa shape index (κ1) is 16.6. The summed E-state index contributed by atoms with van der Waals surface area (Å²) < 4.78 is 16.0. The fourth-order valence-corrected chi connectivity index (χ4v) is 2.51. The first-order valence-electron chi connectivity index (χ1n) is 7.63. The second kappa shape index (κ2) is 7.09. The Bertz CT molecular complexity index is 857. The maximum atomic E-state index is 12.2. The van der Waals surface area contributed by atoms with Crippen molar-refractivity contribution in [3.05, 3.63) is 59.3 Å². The molecule has 0 aliphatic carbocycles. The number of carbonyl (C=O) groups is 1. The number of carbonyl (C=O) groups excluding carboxylic acids is 1. The second-order valence-electron chi connectivity index (χ2n) is 5.26. The van der Waals surface area contributed by atoms with Crippen molar-refractivity contribution in [2.24, 2.45) is 4.99 Å². The zero-order valence-corrected chi connectivity index (χ0v) is 14.2. The Balaban J connectivity index is 2.02. The Morgan fingerprint density at radius 2 is 1.56 bits per heavy atom. The number of rotatable bonds is 5. The average molecular weight is 338 g/mol. The highest BCUT2D eigenvalue weighted by atomic mass is 16.5. The molecule has 1 aliphatic rings. The van der Waals surface area contributed by atoms with E-state index in [1.165, 1.54) is 0 Å². The summed E-state index contributed by atoms with van der Waals surface area (Å²) in [6.45, 7) is 0. The van der Waals surface area contributed by atoms with Crippen LogP contribution in [-0.2, 0) is 4.79 Å². The first-order chi connectivity index (χ1) is 12.2. The number of ether oxygens (including phenoxy) is 3. The van der Waals surface area contributed by atoms with Gasteiger partial charge in [0.25, 0.3) is 5.91 Å². The normalized spacial score (nSPS) is 14.9. The van der Waals surface area contributed by atoms with Gasteiger partial charge >= 0.3 is 0 Å². The van der Waals surface area contributed by atoms with Crippen LogP contribution in [0, 0.1) is 0 Å². The summed E-state index contributed by atoms with van der Waals surface area (Å²) in [4.78, 5) is 16.6. The summed E-state index contributed by atoms with van der Waals surface area (Å²) in [5.41, 5.74) is 1.81. The van der Waals surface area contributed by atoms with Crippen LogP contribution in [0.15, 0.2) is 53.2 Å². The molecule has 3 rings (SSSR count). The van der Waals surface area contributed by atoms with Gasteiger partial charge in [-0.25, -0.2) is 4.99 Å². The molecule has 1 amide bonds. The van der Waals surface area contributed by atoms with Crippen LogP contribution in [-0.4, -0.2) is 33.1 Å². The molecule has 0 saturated heterocycles. The number of nitrogens with one attached hydrogen (secondary N) is 1. The molecule has 0 atom stereocenters. The SMILES string of the molecule is COc1cc(OC)c(OC)cc1/C=C1\N=C(c2ccccc2)NC1=O. The van der Waals surface area contributed by atoms with E-state index in [1.807, 2.05) is 30.3 Å². The second-order valence-corrected chi connectivity index (χ2v) is 5.26. The molecule has 0 saturated carbocycles. The van der Waals surface area contributed by atoms with Crippen molar-refractivity contribution in [2.75, 3.05) is 21.3 Å². The summed E-state index contributed by atoms with van der Waals surface area (Å²) in [5, 5.41) is 2.78. The standard InChI is InChI=1S/C19H18N2O4/c1-23-15-11-17(25-3)16(24-2)10-13(15)9-14-19(22)21-18(20-14)12-7-5-4-6-8-12/h4-11H,1-3H3,(H,20,21,22)/b14-9-. The Morgan fingerprint density at radius 3 is 2.20 bits per heavy atom. The molecule has 0 spiro atoms. The maximum absolute atomic E-state index is 12.2. The Kier molecular flexibility index (Phi) is 4.70. The Labute approximate surface area is 145 Å². The number of aliphatic imine (C=N–C) groups is 1. The van der Waals surface area contributed by atoms with Crippen LogP contribution in [0.5, 0.6) is 17.2 Å². The quantitative estimate of drug-likeness (QED) is 0.851. The highest BCUT2D eigenvalue weighted by molar-refractivity contribution is 6.19. The van der Waals surface area contributed by atoms with Gasteiger partial charge in [-0.3, -0.25) is 4.79 Å². The molecular weight excluding hydrogens is 320 g/mol. The summed E-state index contributed by atoms with van der Waals surface area (Å²) in [7, 11) is 4.65. The van der Waals surface area contributed by atoms with E-state index >= 15 is 0 Å². The summed E-state index contributed by atoms with van der Waals surface area (Å²) in [5.74, 6) is 1.90. The molecule has 128 valence electrons. The molecule has 0 fully saturated rings. The molecule has 2 aromatic carbocycles. The van der Waals surface area contributed by atoms with E-state index in [2.05, 4.69) is 10.3 Å². The molecule has 0 bridgehead atoms. The van der Waals surface area contributed by atoms with Crippen molar-refractivity contribution < 1.29 is 19.0 Å². The van der Waals surface area contributed by atoms with Gasteiger partial charge in [-0.2, -0.15) is 0 Å². The van der Waals surface area contributed by atoms with Gasteiger partial charge in [-0.15, -0.1) is 0 Å². The number of benzene rings is 2. The minimum Gasteiger partial charge on any atom is -0.496 e. The van der Waals surface area contributed by atoms with E-state index in [9.17, 15) is 4.79 Å². The lowest BCUT2D eigenvalue weighted by Crippen LogP contribution is -2.24. The molecular formula is C19H18N2O4. The maximum Gasteiger partial charge on any atom is 0.275 e. The smallest absolute Gasteiger partial charge is 0.275 e. The van der Waals surface area contributed by atoms with Gasteiger partial charge in [0, 0.05) is 17.2 Å². The van der Waals surface area contributed by atoms with E-state index in [1.54, 1.807) is 39.5 Å². The molecule has 0 aromatic heterocycles. The van der Waals surface area contributed by atoms with Gasteiger partial charge < -0.3 is 19.5 Å². The number of methoxy groups -OCH3 is 3. The van der Waals surface area contributed by atoms with Crippen molar-refractivity contribution in [1.82, 2.24) is 5.32 Å². The summed E-state index contributed by atoms with van der Waals surface area (Å²) in [6.07, 6.45) is 1.66. The number of amides is 1. The lowest BCUT2D eigenvalue weighted by molar-refractivity contribution is -0.115. The Hall–Kier alpha value is -3.28.